The minimum absolute atomic E-state index is 0.581. The maximum absolute atomic E-state index is 5.77. The number of thiophene rings is 1. The van der Waals surface area contributed by atoms with Crippen molar-refractivity contribution < 1.29 is 0 Å². The van der Waals surface area contributed by atoms with Gasteiger partial charge in [0, 0.05) is 22.0 Å². The molecule has 1 aromatic carbocycles. The second kappa shape index (κ2) is 2.77. The molecule has 0 saturated carbocycles. The second-order valence-electron chi connectivity index (χ2n) is 2.69. The van der Waals surface area contributed by atoms with Crippen molar-refractivity contribution in [2.45, 2.75) is 6.54 Å². The average Bonchev–Trinajstić information content (AvgIpc) is 2.48. The van der Waals surface area contributed by atoms with Gasteiger partial charge in [0.2, 0.25) is 0 Å². The van der Waals surface area contributed by atoms with E-state index in [-0.39, 0.29) is 0 Å². The molecule has 0 atom stereocenters. The summed E-state index contributed by atoms with van der Waals surface area (Å²) in [5.41, 5.74) is 13.4. The highest BCUT2D eigenvalue weighted by Crippen LogP contribution is 2.30. The van der Waals surface area contributed by atoms with Crippen molar-refractivity contribution in [3.8, 4) is 0 Å². The lowest BCUT2D eigenvalue weighted by atomic mass is 10.1. The smallest absolute Gasteiger partial charge is 0.0502 e. The Kier molecular flexibility index (Phi) is 1.75. The Hall–Kier alpha value is -1.06. The molecule has 0 unspecified atom stereocenters. The molecule has 1 aromatic heterocycles. The quantitative estimate of drug-likeness (QED) is 0.701. The third kappa shape index (κ3) is 0.983. The van der Waals surface area contributed by atoms with E-state index in [2.05, 4.69) is 0 Å². The molecule has 3 heteroatoms. The highest BCUT2D eigenvalue weighted by Gasteiger charge is 2.03. The van der Waals surface area contributed by atoms with Gasteiger partial charge in [0.1, 0.15) is 0 Å². The number of hydrogen-bond acceptors (Lipinski definition) is 3. The molecule has 0 aliphatic carbocycles. The van der Waals surface area contributed by atoms with Crippen LogP contribution in [0.2, 0.25) is 0 Å². The molecule has 4 N–H and O–H groups in total. The van der Waals surface area contributed by atoms with Crippen LogP contribution in [0.15, 0.2) is 23.6 Å². The van der Waals surface area contributed by atoms with E-state index in [9.17, 15) is 0 Å². The molecule has 2 nitrogen and oxygen atoms in total. The van der Waals surface area contributed by atoms with E-state index in [0.717, 1.165) is 11.1 Å². The summed E-state index contributed by atoms with van der Waals surface area (Å²) in [6.07, 6.45) is 0. The lowest BCUT2D eigenvalue weighted by molar-refractivity contribution is 1.09. The highest BCUT2D eigenvalue weighted by atomic mass is 32.1. The molecule has 0 saturated heterocycles. The first kappa shape index (κ1) is 7.58. The largest absolute Gasteiger partial charge is 0.398 e. The van der Waals surface area contributed by atoms with E-state index >= 15 is 0 Å². The summed E-state index contributed by atoms with van der Waals surface area (Å²) in [4.78, 5) is 0. The number of anilines is 1. The third-order valence-electron chi connectivity index (χ3n) is 1.93. The van der Waals surface area contributed by atoms with Crippen LogP contribution < -0.4 is 11.5 Å². The molecule has 2 aromatic rings. The van der Waals surface area contributed by atoms with Crippen molar-refractivity contribution in [3.63, 3.8) is 0 Å². The van der Waals surface area contributed by atoms with E-state index in [4.69, 9.17) is 11.5 Å². The van der Waals surface area contributed by atoms with E-state index < -0.39 is 0 Å². The maximum Gasteiger partial charge on any atom is 0.0502 e. The first-order valence-electron chi connectivity index (χ1n) is 3.77. The van der Waals surface area contributed by atoms with Crippen molar-refractivity contribution in [2.24, 2.45) is 5.73 Å². The van der Waals surface area contributed by atoms with Crippen molar-refractivity contribution in [1.82, 2.24) is 0 Å². The van der Waals surface area contributed by atoms with Crippen LogP contribution in [0.1, 0.15) is 5.56 Å². The summed E-state index contributed by atoms with van der Waals surface area (Å²) < 4.78 is 1.22. The molecular formula is C9H10N2S. The lowest BCUT2D eigenvalue weighted by Gasteiger charge is -1.97. The van der Waals surface area contributed by atoms with Crippen molar-refractivity contribution in [1.29, 1.82) is 0 Å². The number of rotatable bonds is 1. The van der Waals surface area contributed by atoms with Crippen LogP contribution in [0.3, 0.4) is 0 Å². The number of nitrogens with two attached hydrogens (primary N) is 2. The summed E-state index contributed by atoms with van der Waals surface area (Å²) in [5.74, 6) is 0. The summed E-state index contributed by atoms with van der Waals surface area (Å²) in [6, 6.07) is 6.06. The topological polar surface area (TPSA) is 52.0 Å². The standard InChI is InChI=1S/C9H10N2S/c10-4-6-2-1-3-7-8(11)5-12-9(6)7/h1-3,5H,4,10-11H2. The molecule has 0 bridgehead atoms. The molecule has 0 amide bonds. The molecule has 0 aliphatic rings. The summed E-state index contributed by atoms with van der Waals surface area (Å²) in [5, 5.41) is 3.09. The average molecular weight is 178 g/mol. The zero-order chi connectivity index (χ0) is 8.55. The molecule has 1 heterocycles. The van der Waals surface area contributed by atoms with Crippen LogP contribution in [0.4, 0.5) is 5.69 Å². The lowest BCUT2D eigenvalue weighted by Crippen LogP contribution is -1.95. The predicted molar refractivity (Wildman–Crippen MR) is 54.1 cm³/mol. The molecule has 0 fully saturated rings. The predicted octanol–water partition coefficient (Wildman–Crippen LogP) is 1.94. The molecule has 0 spiro atoms. The van der Waals surface area contributed by atoms with Crippen molar-refractivity contribution >= 4 is 27.1 Å². The Labute approximate surface area is 74.8 Å². The van der Waals surface area contributed by atoms with Gasteiger partial charge in [-0.05, 0) is 5.56 Å². The molecule has 62 valence electrons. The summed E-state index contributed by atoms with van der Waals surface area (Å²) in [7, 11) is 0. The number of nitrogen functional groups attached to an aromatic ring is 1. The van der Waals surface area contributed by atoms with Crippen LogP contribution >= 0.6 is 11.3 Å². The molecule has 0 radical (unpaired) electrons. The first-order valence-corrected chi connectivity index (χ1v) is 4.65. The van der Waals surface area contributed by atoms with Crippen LogP contribution in [0.25, 0.3) is 10.1 Å². The van der Waals surface area contributed by atoms with Gasteiger partial charge in [-0.2, -0.15) is 0 Å². The second-order valence-corrected chi connectivity index (χ2v) is 3.57. The van der Waals surface area contributed by atoms with Gasteiger partial charge in [0.05, 0.1) is 5.69 Å². The van der Waals surface area contributed by atoms with Gasteiger partial charge in [-0.3, -0.25) is 0 Å². The number of benzene rings is 1. The summed E-state index contributed by atoms with van der Waals surface area (Å²) >= 11 is 1.66. The van der Waals surface area contributed by atoms with Gasteiger partial charge in [-0.15, -0.1) is 11.3 Å². The van der Waals surface area contributed by atoms with E-state index in [1.165, 1.54) is 10.3 Å². The fourth-order valence-electron chi connectivity index (χ4n) is 1.30. The minimum Gasteiger partial charge on any atom is -0.398 e. The Balaban J connectivity index is 2.81. The first-order chi connectivity index (χ1) is 5.83. The summed E-state index contributed by atoms with van der Waals surface area (Å²) in [6.45, 7) is 0.581. The van der Waals surface area contributed by atoms with E-state index in [0.29, 0.717) is 6.54 Å². The van der Waals surface area contributed by atoms with Gasteiger partial charge in [-0.25, -0.2) is 0 Å². The molecule has 12 heavy (non-hydrogen) atoms. The van der Waals surface area contributed by atoms with Gasteiger partial charge in [0.15, 0.2) is 0 Å². The van der Waals surface area contributed by atoms with E-state index in [1.54, 1.807) is 11.3 Å². The molecule has 2 rings (SSSR count). The Morgan fingerprint density at radius 1 is 1.33 bits per heavy atom. The van der Waals surface area contributed by atoms with Gasteiger partial charge in [0.25, 0.3) is 0 Å². The maximum atomic E-state index is 5.77. The number of fused-ring (bicyclic) bond motifs is 1. The van der Waals surface area contributed by atoms with Crippen LogP contribution in [0.5, 0.6) is 0 Å². The Morgan fingerprint density at radius 2 is 2.17 bits per heavy atom. The van der Waals surface area contributed by atoms with E-state index in [1.807, 2.05) is 23.6 Å². The fourth-order valence-corrected chi connectivity index (χ4v) is 2.29. The van der Waals surface area contributed by atoms with Crippen molar-refractivity contribution in [2.75, 3.05) is 5.73 Å². The Bertz CT molecular complexity index is 406. The normalized spacial score (nSPS) is 10.8. The highest BCUT2D eigenvalue weighted by molar-refractivity contribution is 7.18. The Morgan fingerprint density at radius 3 is 2.92 bits per heavy atom. The monoisotopic (exact) mass is 178 g/mol. The van der Waals surface area contributed by atoms with Crippen molar-refractivity contribution in [3.05, 3.63) is 29.1 Å². The minimum atomic E-state index is 0.581. The zero-order valence-corrected chi connectivity index (χ0v) is 7.40. The van der Waals surface area contributed by atoms with Crippen LogP contribution in [-0.4, -0.2) is 0 Å². The number of hydrogen-bond donors (Lipinski definition) is 2. The third-order valence-corrected chi connectivity index (χ3v) is 3.02. The van der Waals surface area contributed by atoms with Gasteiger partial charge < -0.3 is 11.5 Å². The van der Waals surface area contributed by atoms with Crippen LogP contribution in [-0.2, 0) is 6.54 Å². The fraction of sp³-hybridized carbons (Fsp3) is 0.111. The molecule has 0 aliphatic heterocycles. The molecular weight excluding hydrogens is 168 g/mol. The SMILES string of the molecule is NCc1cccc2c(N)csc12. The zero-order valence-electron chi connectivity index (χ0n) is 6.58. The van der Waals surface area contributed by atoms with Crippen LogP contribution in [0, 0.1) is 0 Å². The van der Waals surface area contributed by atoms with Gasteiger partial charge >= 0.3 is 0 Å². The van der Waals surface area contributed by atoms with Gasteiger partial charge in [-0.1, -0.05) is 18.2 Å².